The minimum atomic E-state index is 0.274. The van der Waals surface area contributed by atoms with E-state index >= 15 is 0 Å². The van der Waals surface area contributed by atoms with Crippen LogP contribution in [0.5, 0.6) is 11.5 Å². The molecule has 140 valence electrons. The van der Waals surface area contributed by atoms with Gasteiger partial charge in [0.2, 0.25) is 0 Å². The molecule has 0 amide bonds. The van der Waals surface area contributed by atoms with E-state index in [4.69, 9.17) is 14.2 Å². The van der Waals surface area contributed by atoms with E-state index in [0.29, 0.717) is 18.1 Å². The number of hydrogen-bond donors (Lipinski definition) is 0. The summed E-state index contributed by atoms with van der Waals surface area (Å²) >= 11 is 0. The first kappa shape index (κ1) is 17.5. The Morgan fingerprint density at radius 3 is 2.63 bits per heavy atom. The maximum Gasteiger partial charge on any atom is 0.187 e. The third kappa shape index (κ3) is 3.40. The molecule has 27 heavy (non-hydrogen) atoms. The zero-order chi connectivity index (χ0) is 18.6. The average molecular weight is 365 g/mol. The molecule has 0 N–H and O–H groups in total. The van der Waals surface area contributed by atoms with E-state index in [0.717, 1.165) is 36.3 Å². The van der Waals surface area contributed by atoms with Gasteiger partial charge in [0.15, 0.2) is 11.5 Å². The fraction of sp³-hybridized carbons (Fsp3) is 0.333. The third-order valence-electron chi connectivity index (χ3n) is 4.94. The molecule has 1 aliphatic heterocycles. The van der Waals surface area contributed by atoms with Crippen molar-refractivity contribution in [3.63, 3.8) is 0 Å². The fourth-order valence-electron chi connectivity index (χ4n) is 3.58. The molecule has 0 aliphatic carbocycles. The number of methoxy groups -OCH3 is 2. The molecule has 6 nitrogen and oxygen atoms in total. The van der Waals surface area contributed by atoms with Crippen LogP contribution in [0, 0.1) is 0 Å². The highest BCUT2D eigenvalue weighted by atomic mass is 16.5. The Morgan fingerprint density at radius 2 is 1.93 bits per heavy atom. The van der Waals surface area contributed by atoms with E-state index in [1.807, 2.05) is 18.2 Å². The summed E-state index contributed by atoms with van der Waals surface area (Å²) in [7, 11) is 3.26. The summed E-state index contributed by atoms with van der Waals surface area (Å²) in [6.07, 6.45) is 2.57. The second-order valence-electron chi connectivity index (χ2n) is 6.53. The molecule has 2 aromatic carbocycles. The molecule has 0 bridgehead atoms. The second-order valence-corrected chi connectivity index (χ2v) is 6.53. The zero-order valence-corrected chi connectivity index (χ0v) is 15.6. The summed E-state index contributed by atoms with van der Waals surface area (Å²) in [5.74, 6) is 2.18. The molecule has 1 aromatic heterocycles. The van der Waals surface area contributed by atoms with Crippen LogP contribution in [0.3, 0.4) is 0 Å². The summed E-state index contributed by atoms with van der Waals surface area (Å²) in [4.78, 5) is 11.4. The summed E-state index contributed by atoms with van der Waals surface area (Å²) in [5, 5.41) is 0.943. The van der Waals surface area contributed by atoms with Crippen LogP contribution >= 0.6 is 0 Å². The lowest BCUT2D eigenvalue weighted by atomic mass is 10.1. The van der Waals surface area contributed by atoms with Crippen molar-refractivity contribution in [1.82, 2.24) is 9.97 Å². The van der Waals surface area contributed by atoms with Crippen molar-refractivity contribution in [2.24, 2.45) is 0 Å². The predicted octanol–water partition coefficient (Wildman–Crippen LogP) is 3.44. The molecule has 1 saturated heterocycles. The molecule has 0 spiro atoms. The van der Waals surface area contributed by atoms with Crippen LogP contribution in [0.25, 0.3) is 10.9 Å². The number of nitrogens with zero attached hydrogens (tertiary/aromatic N) is 3. The van der Waals surface area contributed by atoms with E-state index in [1.54, 1.807) is 20.5 Å². The van der Waals surface area contributed by atoms with Crippen LogP contribution in [-0.2, 0) is 11.3 Å². The van der Waals surface area contributed by atoms with Crippen LogP contribution in [0.15, 0.2) is 48.8 Å². The van der Waals surface area contributed by atoms with Crippen molar-refractivity contribution in [2.75, 3.05) is 32.3 Å². The van der Waals surface area contributed by atoms with Gasteiger partial charge in [-0.15, -0.1) is 0 Å². The van der Waals surface area contributed by atoms with Crippen LogP contribution in [-0.4, -0.2) is 43.4 Å². The van der Waals surface area contributed by atoms with E-state index in [9.17, 15) is 0 Å². The molecular formula is C21H23N3O3. The van der Waals surface area contributed by atoms with Crippen LogP contribution in [0.4, 0.5) is 5.82 Å². The molecular weight excluding hydrogens is 342 g/mol. The number of aromatic nitrogens is 2. The van der Waals surface area contributed by atoms with E-state index in [-0.39, 0.29) is 6.04 Å². The van der Waals surface area contributed by atoms with Crippen molar-refractivity contribution < 1.29 is 14.2 Å². The highest BCUT2D eigenvalue weighted by molar-refractivity contribution is 5.95. The van der Waals surface area contributed by atoms with Gasteiger partial charge in [0.05, 0.1) is 26.9 Å². The Bertz CT molecular complexity index is 911. The van der Waals surface area contributed by atoms with Gasteiger partial charge in [-0.2, -0.15) is 0 Å². The molecule has 3 aromatic rings. The van der Waals surface area contributed by atoms with Crippen LogP contribution in [0.1, 0.15) is 12.0 Å². The number of rotatable bonds is 6. The summed E-state index contributed by atoms with van der Waals surface area (Å²) in [6, 6.07) is 14.6. The largest absolute Gasteiger partial charge is 0.493 e. The van der Waals surface area contributed by atoms with Gasteiger partial charge >= 0.3 is 0 Å². The first-order valence-electron chi connectivity index (χ1n) is 9.06. The third-order valence-corrected chi connectivity index (χ3v) is 4.94. The lowest BCUT2D eigenvalue weighted by molar-refractivity contribution is 0.193. The summed E-state index contributed by atoms with van der Waals surface area (Å²) < 4.78 is 16.7. The minimum absolute atomic E-state index is 0.274. The van der Waals surface area contributed by atoms with Crippen LogP contribution < -0.4 is 14.4 Å². The summed E-state index contributed by atoms with van der Waals surface area (Å²) in [6.45, 7) is 2.23. The van der Waals surface area contributed by atoms with Gasteiger partial charge in [-0.25, -0.2) is 9.97 Å². The lowest BCUT2D eigenvalue weighted by Crippen LogP contribution is -2.36. The molecule has 1 atom stereocenters. The van der Waals surface area contributed by atoms with E-state index < -0.39 is 0 Å². The number of anilines is 1. The van der Waals surface area contributed by atoms with E-state index in [1.165, 1.54) is 5.56 Å². The number of fused-ring (bicyclic) bond motifs is 1. The highest BCUT2D eigenvalue weighted by Gasteiger charge is 2.27. The van der Waals surface area contributed by atoms with Crippen molar-refractivity contribution in [3.8, 4) is 11.5 Å². The Balaban J connectivity index is 1.82. The van der Waals surface area contributed by atoms with Gasteiger partial charge in [0, 0.05) is 18.5 Å². The molecule has 1 aliphatic rings. The molecule has 0 saturated carbocycles. The van der Waals surface area contributed by atoms with Gasteiger partial charge in [-0.1, -0.05) is 30.3 Å². The first-order chi connectivity index (χ1) is 13.3. The van der Waals surface area contributed by atoms with Gasteiger partial charge < -0.3 is 19.1 Å². The van der Waals surface area contributed by atoms with Crippen molar-refractivity contribution >= 4 is 16.7 Å². The molecule has 1 unspecified atom stereocenters. The minimum Gasteiger partial charge on any atom is -0.493 e. The normalized spacial score (nSPS) is 16.4. The maximum absolute atomic E-state index is 5.66. The van der Waals surface area contributed by atoms with E-state index in [2.05, 4.69) is 39.1 Å². The topological polar surface area (TPSA) is 56.7 Å². The standard InChI is InChI=1S/C21H23N3O3/c1-25-18-9-8-17-19(20(18)26-2)22-14-23-21(17)24(16-10-11-27-13-16)12-15-6-4-3-5-7-15/h3-9,14,16H,10-13H2,1-2H3. The zero-order valence-electron chi connectivity index (χ0n) is 15.6. The van der Waals surface area contributed by atoms with Gasteiger partial charge in [0.1, 0.15) is 17.7 Å². The Kier molecular flexibility index (Phi) is 5.07. The second kappa shape index (κ2) is 7.80. The first-order valence-corrected chi connectivity index (χ1v) is 9.06. The maximum atomic E-state index is 5.66. The fourth-order valence-corrected chi connectivity index (χ4v) is 3.58. The Labute approximate surface area is 158 Å². The quantitative estimate of drug-likeness (QED) is 0.667. The van der Waals surface area contributed by atoms with Crippen molar-refractivity contribution in [2.45, 2.75) is 19.0 Å². The van der Waals surface area contributed by atoms with Gasteiger partial charge in [-0.05, 0) is 24.1 Å². The molecule has 2 heterocycles. The van der Waals surface area contributed by atoms with Crippen molar-refractivity contribution in [3.05, 3.63) is 54.4 Å². The predicted molar refractivity (Wildman–Crippen MR) is 104 cm³/mol. The number of benzene rings is 2. The smallest absolute Gasteiger partial charge is 0.187 e. The lowest BCUT2D eigenvalue weighted by Gasteiger charge is -2.30. The Morgan fingerprint density at radius 1 is 1.07 bits per heavy atom. The summed E-state index contributed by atoms with van der Waals surface area (Å²) in [5.41, 5.74) is 1.98. The molecule has 1 fully saturated rings. The number of ether oxygens (including phenoxy) is 3. The highest BCUT2D eigenvalue weighted by Crippen LogP contribution is 2.38. The van der Waals surface area contributed by atoms with Gasteiger partial charge in [0.25, 0.3) is 0 Å². The van der Waals surface area contributed by atoms with Gasteiger partial charge in [-0.3, -0.25) is 0 Å². The molecule has 6 heteroatoms. The SMILES string of the molecule is COc1ccc2c(N(Cc3ccccc3)C3CCOC3)ncnc2c1OC. The van der Waals surface area contributed by atoms with Crippen molar-refractivity contribution in [1.29, 1.82) is 0 Å². The molecule has 0 radical (unpaired) electrons. The monoisotopic (exact) mass is 365 g/mol. The Hall–Kier alpha value is -2.86. The average Bonchev–Trinajstić information content (AvgIpc) is 3.26. The number of hydrogen-bond acceptors (Lipinski definition) is 6. The molecule has 4 rings (SSSR count). The van der Waals surface area contributed by atoms with Crippen LogP contribution in [0.2, 0.25) is 0 Å².